The number of rotatable bonds is 11. The van der Waals surface area contributed by atoms with E-state index in [-0.39, 0.29) is 48.1 Å². The van der Waals surface area contributed by atoms with Gasteiger partial charge in [0.05, 0.1) is 11.4 Å². The molecular weight excluding hydrogens is 1070 g/mol. The van der Waals surface area contributed by atoms with Crippen molar-refractivity contribution < 1.29 is 30.4 Å². The Balaban J connectivity index is 0.00000656. The molecule has 0 bridgehead atoms. The second-order valence-electron chi connectivity index (χ2n) is 23.1. The van der Waals surface area contributed by atoms with E-state index in [9.17, 15) is 0 Å². The molecular formula is C67H66N4OPt-2. The molecule has 0 saturated carbocycles. The van der Waals surface area contributed by atoms with E-state index in [0.29, 0.717) is 11.5 Å². The number of hydrogen-bond acceptors (Lipinski definition) is 2. The van der Waals surface area contributed by atoms with Gasteiger partial charge in [-0.1, -0.05) is 198 Å². The topological polar surface area (TPSA) is 35.9 Å². The van der Waals surface area contributed by atoms with Crippen LogP contribution in [0.4, 0.5) is 0 Å². The van der Waals surface area contributed by atoms with E-state index in [0.717, 1.165) is 44.7 Å². The van der Waals surface area contributed by atoms with Crippen LogP contribution >= 0.6 is 0 Å². The molecule has 10 aromatic rings. The van der Waals surface area contributed by atoms with Gasteiger partial charge in [0.25, 0.3) is 6.33 Å². The maximum atomic E-state index is 6.75. The van der Waals surface area contributed by atoms with Crippen LogP contribution in [0, 0.1) is 18.5 Å². The fraction of sp³-hybridized carbons (Fsp3) is 0.254. The first-order valence-corrected chi connectivity index (χ1v) is 25.3. The summed E-state index contributed by atoms with van der Waals surface area (Å²) in [5, 5.41) is 2.22. The van der Waals surface area contributed by atoms with Crippen LogP contribution < -0.4 is 9.30 Å². The van der Waals surface area contributed by atoms with Gasteiger partial charge in [0.2, 0.25) is 0 Å². The Labute approximate surface area is 447 Å². The van der Waals surface area contributed by atoms with Gasteiger partial charge in [-0.15, -0.1) is 29.7 Å². The maximum Gasteiger partial charge on any atom is 0.267 e. The fourth-order valence-corrected chi connectivity index (χ4v) is 10.1. The second kappa shape index (κ2) is 19.2. The molecule has 7 aromatic carbocycles. The monoisotopic (exact) mass is 1140 g/mol. The van der Waals surface area contributed by atoms with Gasteiger partial charge >= 0.3 is 0 Å². The number of hydrogen-bond donors (Lipinski definition) is 0. The van der Waals surface area contributed by atoms with Gasteiger partial charge in [0.15, 0.2) is 0 Å². The van der Waals surface area contributed by atoms with Gasteiger partial charge in [0, 0.05) is 66.7 Å². The Bertz CT molecular complexity index is 3520. The average molecular weight is 1140 g/mol. The maximum absolute atomic E-state index is 6.75. The number of fused-ring (bicyclic) bond motifs is 3. The fourth-order valence-electron chi connectivity index (χ4n) is 10.1. The van der Waals surface area contributed by atoms with Gasteiger partial charge in [-0.3, -0.25) is 4.57 Å². The average Bonchev–Trinajstić information content (AvgIpc) is 3.98. The summed E-state index contributed by atoms with van der Waals surface area (Å²) in [4.78, 5) is 4.97. The van der Waals surface area contributed by atoms with Crippen molar-refractivity contribution in [3.63, 3.8) is 0 Å². The van der Waals surface area contributed by atoms with Crippen LogP contribution in [0.1, 0.15) is 128 Å². The Hall–Kier alpha value is -6.81. The van der Waals surface area contributed by atoms with Crippen molar-refractivity contribution in [3.8, 4) is 28.7 Å². The SMILES string of the molecule is CC(C)(C)c1ccnc(-n2c3[c-]c(Oc4[c-]c(-n5[c-][n+](-c6cc(C(C)(C)c7ccccc7)cc(C(C)(C)c7ccccc7)c6)c(C(C)(C)C)c5)ccc4)ccc3c3cc(C(C)(C)c4ccccc4)ccc32)c1.[Pt]. The van der Waals surface area contributed by atoms with Crippen molar-refractivity contribution in [2.75, 3.05) is 0 Å². The van der Waals surface area contributed by atoms with Gasteiger partial charge in [-0.2, -0.15) is 18.2 Å². The van der Waals surface area contributed by atoms with Crippen LogP contribution in [-0.4, -0.2) is 14.1 Å². The molecule has 0 spiro atoms. The van der Waals surface area contributed by atoms with E-state index in [2.05, 4.69) is 273 Å². The van der Waals surface area contributed by atoms with Crippen molar-refractivity contribution in [2.45, 2.75) is 110 Å². The summed E-state index contributed by atoms with van der Waals surface area (Å²) in [6.45, 7) is 27.4. The molecule has 0 aliphatic heterocycles. The molecule has 0 unspecified atom stereocenters. The number of benzene rings is 7. The summed E-state index contributed by atoms with van der Waals surface area (Å²) in [6.07, 6.45) is 7.89. The number of nitrogens with zero attached hydrogens (tertiary/aromatic N) is 4. The molecule has 73 heavy (non-hydrogen) atoms. The van der Waals surface area contributed by atoms with Gasteiger partial charge in [-0.05, 0) is 91.2 Å². The minimum Gasteiger partial charge on any atom is -0.510 e. The Morgan fingerprint density at radius 1 is 0.466 bits per heavy atom. The molecule has 372 valence electrons. The van der Waals surface area contributed by atoms with E-state index in [4.69, 9.17) is 9.72 Å². The zero-order chi connectivity index (χ0) is 50.8. The molecule has 0 amide bonds. The zero-order valence-corrected chi connectivity index (χ0v) is 46.6. The molecule has 0 saturated heterocycles. The van der Waals surface area contributed by atoms with E-state index >= 15 is 0 Å². The van der Waals surface area contributed by atoms with E-state index in [1.165, 1.54) is 38.9 Å². The Kier molecular flexibility index (Phi) is 13.5. The molecule has 0 fully saturated rings. The third kappa shape index (κ3) is 9.77. The van der Waals surface area contributed by atoms with E-state index < -0.39 is 0 Å². The molecule has 3 aromatic heterocycles. The molecule has 3 heterocycles. The normalized spacial score (nSPS) is 12.5. The summed E-state index contributed by atoms with van der Waals surface area (Å²) in [5.74, 6) is 2.01. The standard InChI is InChI=1S/C67H66N4O.Pt/c1-63(2,3)49-35-36-68-62(41-49)71-59-34-31-50(65(7,8)46-23-16-13-17-24-46)40-58(59)57-33-32-56(43-60(57)71)72-55-30-22-29-53(42-55)69-44-61(64(4,5)6)70(45-69)54-38-51(66(9,10)47-25-18-14-19-26-47)37-52(39-54)67(11,12)48-27-20-15-21-28-48;/h13-41,44H,1-12H3;/q-2;. The number of aromatic nitrogens is 4. The third-order valence-corrected chi connectivity index (χ3v) is 15.0. The second-order valence-corrected chi connectivity index (χ2v) is 23.1. The largest absolute Gasteiger partial charge is 0.510 e. The first-order valence-electron chi connectivity index (χ1n) is 25.3. The van der Waals surface area contributed by atoms with Crippen molar-refractivity contribution in [3.05, 3.63) is 245 Å². The van der Waals surface area contributed by atoms with Crippen LogP contribution in [0.25, 0.3) is 39.0 Å². The molecule has 0 aliphatic rings. The van der Waals surface area contributed by atoms with Crippen LogP contribution in [0.2, 0.25) is 0 Å². The van der Waals surface area contributed by atoms with E-state index in [1.807, 2.05) is 24.4 Å². The van der Waals surface area contributed by atoms with Crippen molar-refractivity contribution in [2.24, 2.45) is 0 Å². The van der Waals surface area contributed by atoms with Gasteiger partial charge < -0.3 is 13.9 Å². The minimum atomic E-state index is -0.271. The van der Waals surface area contributed by atoms with Gasteiger partial charge in [0.1, 0.15) is 5.82 Å². The van der Waals surface area contributed by atoms with Crippen LogP contribution in [-0.2, 0) is 48.1 Å². The quantitative estimate of drug-likeness (QED) is 0.0956. The third-order valence-electron chi connectivity index (χ3n) is 15.0. The van der Waals surface area contributed by atoms with Crippen molar-refractivity contribution >= 4 is 21.8 Å². The molecule has 0 radical (unpaired) electrons. The van der Waals surface area contributed by atoms with Crippen LogP contribution in [0.15, 0.2) is 182 Å². The molecule has 5 nitrogen and oxygen atoms in total. The number of ether oxygens (including phenoxy) is 1. The molecule has 0 atom stereocenters. The number of imidazole rings is 1. The Morgan fingerprint density at radius 3 is 1.59 bits per heavy atom. The first kappa shape index (κ1) is 51.1. The summed E-state index contributed by atoms with van der Waals surface area (Å²) in [6, 6.07) is 68.2. The zero-order valence-electron chi connectivity index (χ0n) is 44.3. The van der Waals surface area contributed by atoms with Gasteiger partial charge in [-0.25, -0.2) is 4.98 Å². The summed E-state index contributed by atoms with van der Waals surface area (Å²) >= 11 is 0. The molecule has 10 rings (SSSR count). The minimum absolute atomic E-state index is 0. The predicted octanol–water partition coefficient (Wildman–Crippen LogP) is 16.0. The van der Waals surface area contributed by atoms with Crippen LogP contribution in [0.5, 0.6) is 11.5 Å². The van der Waals surface area contributed by atoms with E-state index in [1.54, 1.807) is 0 Å². The smallest absolute Gasteiger partial charge is 0.267 e. The molecule has 6 heteroatoms. The summed E-state index contributed by atoms with van der Waals surface area (Å²) < 4.78 is 13.3. The Morgan fingerprint density at radius 2 is 1.03 bits per heavy atom. The molecule has 0 N–H and O–H groups in total. The van der Waals surface area contributed by atoms with Crippen molar-refractivity contribution in [1.82, 2.24) is 14.1 Å². The molecule has 0 aliphatic carbocycles. The van der Waals surface area contributed by atoms with Crippen LogP contribution in [0.3, 0.4) is 0 Å². The summed E-state index contributed by atoms with van der Waals surface area (Å²) in [5.41, 5.74) is 12.6. The predicted molar refractivity (Wildman–Crippen MR) is 296 cm³/mol. The first-order chi connectivity index (χ1) is 34.2. The van der Waals surface area contributed by atoms with Crippen molar-refractivity contribution in [1.29, 1.82) is 0 Å². The summed E-state index contributed by atoms with van der Waals surface area (Å²) in [7, 11) is 0. The number of pyridine rings is 1.